The van der Waals surface area contributed by atoms with Gasteiger partial charge in [-0.3, -0.25) is 0 Å². The number of carbonyl (C=O) groups is 1. The molecule has 0 aliphatic rings. The van der Waals surface area contributed by atoms with Crippen molar-refractivity contribution in [3.8, 4) is 11.4 Å². The molecule has 0 radical (unpaired) electrons. The van der Waals surface area contributed by atoms with Crippen LogP contribution in [0.3, 0.4) is 0 Å². The summed E-state index contributed by atoms with van der Waals surface area (Å²) in [6.07, 6.45) is 0. The molecule has 5 rings (SSSR count). The largest absolute Gasteiger partial charge is 0.478 e. The summed E-state index contributed by atoms with van der Waals surface area (Å²) in [4.78, 5) is 16.6. The van der Waals surface area contributed by atoms with Crippen molar-refractivity contribution in [1.82, 2.24) is 14.1 Å². The average molecular weight is 442 g/mol. The topological polar surface area (TPSA) is 69.3 Å². The molecule has 3 aromatic carbocycles. The van der Waals surface area contributed by atoms with Gasteiger partial charge in [0.15, 0.2) is 0 Å². The summed E-state index contributed by atoms with van der Waals surface area (Å²) in [7, 11) is 1.68. The fourth-order valence-corrected chi connectivity index (χ4v) is 4.88. The molecule has 0 unspecified atom stereocenters. The Kier molecular flexibility index (Phi) is 5.17. The molecular formula is C27H27N3O3. The predicted octanol–water partition coefficient (Wildman–Crippen LogP) is 5.79. The Labute approximate surface area is 192 Å². The summed E-state index contributed by atoms with van der Waals surface area (Å²) in [6.45, 7) is 8.16. The smallest absolute Gasteiger partial charge is 0.336 e. The Morgan fingerprint density at radius 1 is 0.970 bits per heavy atom. The zero-order valence-electron chi connectivity index (χ0n) is 19.3. The number of benzene rings is 3. The molecular weight excluding hydrogens is 414 g/mol. The molecule has 0 saturated carbocycles. The molecule has 33 heavy (non-hydrogen) atoms. The lowest BCUT2D eigenvalue weighted by atomic mass is 10.1. The molecule has 6 heteroatoms. The standard InChI is InChI=1S/C27H27N3O3/c1-5-29-22-9-6-16(2)14-20(22)21-15-18(7-10-23(21)29)26-28-25-17(3)19(27(31)32)8-11-24(25)30(26)12-13-33-4/h6-11,14-15H,5,12-13H2,1-4H3,(H,31,32). The van der Waals surface area contributed by atoms with Gasteiger partial charge in [0, 0.05) is 47.6 Å². The Morgan fingerprint density at radius 3 is 2.36 bits per heavy atom. The minimum Gasteiger partial charge on any atom is -0.478 e. The maximum absolute atomic E-state index is 11.7. The van der Waals surface area contributed by atoms with Crippen LogP contribution in [0.1, 0.15) is 28.4 Å². The normalized spacial score (nSPS) is 11.8. The molecule has 0 aliphatic heterocycles. The van der Waals surface area contributed by atoms with Gasteiger partial charge in [-0.2, -0.15) is 0 Å². The number of carboxylic acid groups (broad SMARTS) is 1. The quantitative estimate of drug-likeness (QED) is 0.362. The first-order chi connectivity index (χ1) is 15.9. The number of rotatable bonds is 6. The number of nitrogens with zero attached hydrogens (tertiary/aromatic N) is 3. The van der Waals surface area contributed by atoms with E-state index in [1.165, 1.54) is 27.4 Å². The Morgan fingerprint density at radius 2 is 1.67 bits per heavy atom. The van der Waals surface area contributed by atoms with E-state index in [0.29, 0.717) is 24.2 Å². The van der Waals surface area contributed by atoms with Crippen LogP contribution in [0, 0.1) is 13.8 Å². The molecule has 0 saturated heterocycles. The highest BCUT2D eigenvalue weighted by atomic mass is 16.5. The van der Waals surface area contributed by atoms with Gasteiger partial charge in [-0.05, 0) is 68.8 Å². The molecule has 0 atom stereocenters. The minimum atomic E-state index is -0.938. The van der Waals surface area contributed by atoms with Crippen LogP contribution in [-0.4, -0.2) is 38.9 Å². The fraction of sp³-hybridized carbons (Fsp3) is 0.259. The van der Waals surface area contributed by atoms with E-state index in [9.17, 15) is 9.90 Å². The highest BCUT2D eigenvalue weighted by Gasteiger charge is 2.19. The summed E-state index contributed by atoms with van der Waals surface area (Å²) in [5.41, 5.74) is 7.24. The number of ether oxygens (including phenoxy) is 1. The Bertz CT molecular complexity index is 1540. The van der Waals surface area contributed by atoms with Gasteiger partial charge in [0.25, 0.3) is 0 Å². The first kappa shape index (κ1) is 21.2. The molecule has 0 amide bonds. The van der Waals surface area contributed by atoms with Crippen LogP contribution >= 0.6 is 0 Å². The van der Waals surface area contributed by atoms with E-state index in [2.05, 4.69) is 59.4 Å². The average Bonchev–Trinajstić information content (AvgIpc) is 3.33. The van der Waals surface area contributed by atoms with E-state index in [0.717, 1.165) is 23.4 Å². The van der Waals surface area contributed by atoms with Gasteiger partial charge in [0.2, 0.25) is 0 Å². The number of aromatic nitrogens is 3. The molecule has 5 aromatic rings. The van der Waals surface area contributed by atoms with E-state index in [4.69, 9.17) is 9.72 Å². The predicted molar refractivity (Wildman–Crippen MR) is 132 cm³/mol. The molecule has 2 aromatic heterocycles. The zero-order valence-corrected chi connectivity index (χ0v) is 19.3. The van der Waals surface area contributed by atoms with Crippen molar-refractivity contribution in [2.45, 2.75) is 33.9 Å². The molecule has 1 N–H and O–H groups in total. The number of hydrogen-bond donors (Lipinski definition) is 1. The third kappa shape index (κ3) is 3.29. The first-order valence-electron chi connectivity index (χ1n) is 11.2. The second-order valence-electron chi connectivity index (χ2n) is 8.49. The van der Waals surface area contributed by atoms with Gasteiger partial charge in [-0.25, -0.2) is 9.78 Å². The summed E-state index contributed by atoms with van der Waals surface area (Å²) >= 11 is 0. The number of fused-ring (bicyclic) bond motifs is 4. The summed E-state index contributed by atoms with van der Waals surface area (Å²) in [5, 5.41) is 12.0. The van der Waals surface area contributed by atoms with Gasteiger partial charge in [-0.15, -0.1) is 0 Å². The van der Waals surface area contributed by atoms with E-state index in [-0.39, 0.29) is 5.56 Å². The van der Waals surface area contributed by atoms with Gasteiger partial charge < -0.3 is 19.0 Å². The fourth-order valence-electron chi connectivity index (χ4n) is 4.88. The highest BCUT2D eigenvalue weighted by molar-refractivity contribution is 6.09. The number of aromatic carboxylic acids is 1. The van der Waals surface area contributed by atoms with Crippen molar-refractivity contribution >= 4 is 38.8 Å². The summed E-state index contributed by atoms with van der Waals surface area (Å²) in [6, 6.07) is 16.6. The number of carboxylic acids is 1. The molecule has 0 aliphatic carbocycles. The van der Waals surface area contributed by atoms with E-state index < -0.39 is 5.97 Å². The lowest BCUT2D eigenvalue weighted by Gasteiger charge is -2.10. The van der Waals surface area contributed by atoms with Crippen LogP contribution in [0.5, 0.6) is 0 Å². The van der Waals surface area contributed by atoms with Crippen molar-refractivity contribution in [3.63, 3.8) is 0 Å². The van der Waals surface area contributed by atoms with Crippen LogP contribution in [0.2, 0.25) is 0 Å². The lowest BCUT2D eigenvalue weighted by Crippen LogP contribution is -2.06. The molecule has 2 heterocycles. The van der Waals surface area contributed by atoms with Crippen LogP contribution in [-0.2, 0) is 17.8 Å². The Hall–Kier alpha value is -3.64. The summed E-state index contributed by atoms with van der Waals surface area (Å²) in [5.74, 6) is -0.119. The number of methoxy groups -OCH3 is 1. The number of hydrogen-bond acceptors (Lipinski definition) is 3. The minimum absolute atomic E-state index is 0.280. The number of aryl methyl sites for hydroxylation is 3. The zero-order chi connectivity index (χ0) is 23.3. The highest BCUT2D eigenvalue weighted by Crippen LogP contribution is 2.35. The van der Waals surface area contributed by atoms with Crippen molar-refractivity contribution < 1.29 is 14.6 Å². The molecule has 168 valence electrons. The third-order valence-electron chi connectivity index (χ3n) is 6.52. The van der Waals surface area contributed by atoms with Crippen LogP contribution in [0.25, 0.3) is 44.2 Å². The second kappa shape index (κ2) is 8.05. The van der Waals surface area contributed by atoms with E-state index >= 15 is 0 Å². The first-order valence-corrected chi connectivity index (χ1v) is 11.2. The van der Waals surface area contributed by atoms with Crippen LogP contribution < -0.4 is 0 Å². The van der Waals surface area contributed by atoms with Crippen molar-refractivity contribution in [1.29, 1.82) is 0 Å². The molecule has 0 bridgehead atoms. The van der Waals surface area contributed by atoms with Gasteiger partial charge in [0.05, 0.1) is 23.2 Å². The van der Waals surface area contributed by atoms with E-state index in [1.54, 1.807) is 13.2 Å². The summed E-state index contributed by atoms with van der Waals surface area (Å²) < 4.78 is 9.83. The van der Waals surface area contributed by atoms with Crippen molar-refractivity contribution in [2.24, 2.45) is 0 Å². The third-order valence-corrected chi connectivity index (χ3v) is 6.52. The molecule has 0 fully saturated rings. The molecule has 0 spiro atoms. The van der Waals surface area contributed by atoms with Gasteiger partial charge in [0.1, 0.15) is 5.82 Å². The monoisotopic (exact) mass is 441 g/mol. The van der Waals surface area contributed by atoms with E-state index in [1.807, 2.05) is 13.0 Å². The van der Waals surface area contributed by atoms with Crippen LogP contribution in [0.15, 0.2) is 48.5 Å². The maximum atomic E-state index is 11.7. The number of imidazole rings is 1. The maximum Gasteiger partial charge on any atom is 0.336 e. The van der Waals surface area contributed by atoms with Gasteiger partial charge in [-0.1, -0.05) is 11.6 Å². The van der Waals surface area contributed by atoms with Crippen molar-refractivity contribution in [3.05, 3.63) is 65.2 Å². The lowest BCUT2D eigenvalue weighted by molar-refractivity contribution is 0.0696. The SMILES string of the molecule is CCn1c2ccc(C)cc2c2cc(-c3nc4c(C)c(C(=O)O)ccc4n3CCOC)ccc21. The van der Waals surface area contributed by atoms with Gasteiger partial charge >= 0.3 is 5.97 Å². The second-order valence-corrected chi connectivity index (χ2v) is 8.49. The molecule has 6 nitrogen and oxygen atoms in total. The van der Waals surface area contributed by atoms with Crippen molar-refractivity contribution in [2.75, 3.05) is 13.7 Å². The van der Waals surface area contributed by atoms with Crippen LogP contribution in [0.4, 0.5) is 0 Å². The Balaban J connectivity index is 1.79.